The summed E-state index contributed by atoms with van der Waals surface area (Å²) in [5, 5.41) is 4.10. The van der Waals surface area contributed by atoms with Gasteiger partial charge in [-0.3, -0.25) is 13.9 Å². The third-order valence-electron chi connectivity index (χ3n) is 8.54. The van der Waals surface area contributed by atoms with E-state index in [2.05, 4.69) is 5.32 Å². The number of nitrogens with zero attached hydrogens (tertiary/aromatic N) is 2. The summed E-state index contributed by atoms with van der Waals surface area (Å²) in [5.74, 6) is -0.793. The van der Waals surface area contributed by atoms with Crippen LogP contribution in [0.3, 0.4) is 0 Å². The monoisotopic (exact) mass is 691 g/mol. The first kappa shape index (κ1) is 34.5. The highest BCUT2D eigenvalue weighted by Gasteiger charge is 2.36. The molecule has 1 aliphatic rings. The van der Waals surface area contributed by atoms with Gasteiger partial charge in [-0.05, 0) is 72.9 Å². The van der Waals surface area contributed by atoms with Gasteiger partial charge in [-0.15, -0.1) is 0 Å². The molecule has 7 nitrogen and oxygen atoms in total. The number of rotatable bonds is 12. The number of anilines is 1. The molecule has 10 heteroatoms. The van der Waals surface area contributed by atoms with Gasteiger partial charge in [0.25, 0.3) is 10.0 Å². The van der Waals surface area contributed by atoms with E-state index in [1.165, 1.54) is 17.0 Å². The van der Waals surface area contributed by atoms with Crippen molar-refractivity contribution >= 4 is 50.7 Å². The van der Waals surface area contributed by atoms with Crippen LogP contribution in [0.5, 0.6) is 0 Å². The summed E-state index contributed by atoms with van der Waals surface area (Å²) < 4.78 is 29.5. The zero-order chi connectivity index (χ0) is 33.4. The van der Waals surface area contributed by atoms with Crippen molar-refractivity contribution in [3.05, 3.63) is 130 Å². The second-order valence-corrected chi connectivity index (χ2v) is 14.7. The molecular formula is C37H39Cl2N3O4S. The fourth-order valence-electron chi connectivity index (χ4n) is 5.97. The van der Waals surface area contributed by atoms with Crippen molar-refractivity contribution < 1.29 is 18.0 Å². The Labute approximate surface area is 287 Å². The molecule has 0 spiro atoms. The molecule has 47 heavy (non-hydrogen) atoms. The number of amides is 2. The summed E-state index contributed by atoms with van der Waals surface area (Å²) in [5.41, 5.74) is 2.54. The number of hydrogen-bond acceptors (Lipinski definition) is 4. The molecule has 0 aromatic heterocycles. The van der Waals surface area contributed by atoms with Crippen molar-refractivity contribution in [2.24, 2.45) is 0 Å². The maximum atomic E-state index is 14.7. The number of benzene rings is 4. The van der Waals surface area contributed by atoms with E-state index in [1.807, 2.05) is 30.3 Å². The topological polar surface area (TPSA) is 86.8 Å². The largest absolute Gasteiger partial charge is 0.352 e. The van der Waals surface area contributed by atoms with E-state index >= 15 is 0 Å². The summed E-state index contributed by atoms with van der Waals surface area (Å²) >= 11 is 12.6. The summed E-state index contributed by atoms with van der Waals surface area (Å²) in [6, 6.07) is 28.6. The molecule has 0 heterocycles. The minimum Gasteiger partial charge on any atom is -0.352 e. The van der Waals surface area contributed by atoms with Crippen molar-refractivity contribution in [2.45, 2.75) is 69.0 Å². The SMILES string of the molecule is Cc1ccc(Cl)cc1N(CC(=O)N(Cc1ccc(Cl)cc1)[C@@H](Cc1ccccc1)C(=O)NC1CCCCC1)S(=O)(=O)c1ccccc1. The Bertz CT molecular complexity index is 1760. The highest BCUT2D eigenvalue weighted by Crippen LogP contribution is 2.30. The smallest absolute Gasteiger partial charge is 0.264 e. The van der Waals surface area contributed by atoms with Crippen molar-refractivity contribution in [3.8, 4) is 0 Å². The van der Waals surface area contributed by atoms with Crippen LogP contribution in [0, 0.1) is 6.92 Å². The van der Waals surface area contributed by atoms with Crippen LogP contribution in [-0.4, -0.2) is 43.8 Å². The van der Waals surface area contributed by atoms with Gasteiger partial charge >= 0.3 is 0 Å². The summed E-state index contributed by atoms with van der Waals surface area (Å²) in [4.78, 5) is 30.4. The van der Waals surface area contributed by atoms with Crippen molar-refractivity contribution in [1.29, 1.82) is 0 Å². The molecule has 0 unspecified atom stereocenters. The predicted molar refractivity (Wildman–Crippen MR) is 188 cm³/mol. The van der Waals surface area contributed by atoms with Gasteiger partial charge < -0.3 is 10.2 Å². The van der Waals surface area contributed by atoms with Gasteiger partial charge in [0.15, 0.2) is 0 Å². The van der Waals surface area contributed by atoms with Gasteiger partial charge in [0, 0.05) is 29.1 Å². The Morgan fingerprint density at radius 3 is 2.09 bits per heavy atom. The maximum absolute atomic E-state index is 14.7. The molecule has 4 aromatic carbocycles. The Kier molecular flexibility index (Phi) is 11.6. The molecule has 2 amide bonds. The first-order chi connectivity index (χ1) is 22.6. The highest BCUT2D eigenvalue weighted by atomic mass is 35.5. The van der Waals surface area contributed by atoms with Crippen LogP contribution in [0.4, 0.5) is 5.69 Å². The Morgan fingerprint density at radius 2 is 1.43 bits per heavy atom. The second kappa shape index (κ2) is 15.8. The molecule has 0 aliphatic heterocycles. The number of carbonyl (C=O) groups is 2. The van der Waals surface area contributed by atoms with Gasteiger partial charge in [0.2, 0.25) is 11.8 Å². The Hall–Kier alpha value is -3.85. The van der Waals surface area contributed by atoms with E-state index in [4.69, 9.17) is 23.2 Å². The molecule has 1 fully saturated rings. The third-order valence-corrected chi connectivity index (χ3v) is 10.8. The van der Waals surface area contributed by atoms with E-state index in [-0.39, 0.29) is 35.5 Å². The van der Waals surface area contributed by atoms with Crippen LogP contribution in [0.2, 0.25) is 10.0 Å². The molecule has 1 saturated carbocycles. The minimum absolute atomic E-state index is 0.0195. The van der Waals surface area contributed by atoms with Crippen LogP contribution in [-0.2, 0) is 32.6 Å². The van der Waals surface area contributed by atoms with Gasteiger partial charge in [0.05, 0.1) is 10.6 Å². The van der Waals surface area contributed by atoms with Crippen LogP contribution < -0.4 is 9.62 Å². The van der Waals surface area contributed by atoms with Crippen LogP contribution >= 0.6 is 23.2 Å². The quantitative estimate of drug-likeness (QED) is 0.166. The van der Waals surface area contributed by atoms with Crippen LogP contribution in [0.1, 0.15) is 48.8 Å². The number of aryl methyl sites for hydroxylation is 1. The first-order valence-electron chi connectivity index (χ1n) is 15.8. The van der Waals surface area contributed by atoms with Gasteiger partial charge in [-0.25, -0.2) is 8.42 Å². The molecule has 0 saturated heterocycles. The first-order valence-corrected chi connectivity index (χ1v) is 18.0. The molecule has 0 bridgehead atoms. The zero-order valence-electron chi connectivity index (χ0n) is 26.3. The van der Waals surface area contributed by atoms with Gasteiger partial charge in [-0.2, -0.15) is 0 Å². The van der Waals surface area contributed by atoms with E-state index in [0.29, 0.717) is 15.6 Å². The number of nitrogens with one attached hydrogen (secondary N) is 1. The number of carbonyl (C=O) groups excluding carboxylic acids is 2. The van der Waals surface area contributed by atoms with E-state index in [1.54, 1.807) is 67.6 Å². The lowest BCUT2D eigenvalue weighted by atomic mass is 9.94. The van der Waals surface area contributed by atoms with Crippen molar-refractivity contribution in [1.82, 2.24) is 10.2 Å². The fourth-order valence-corrected chi connectivity index (χ4v) is 7.75. The molecule has 1 aliphatic carbocycles. The third kappa shape index (κ3) is 8.95. The maximum Gasteiger partial charge on any atom is 0.264 e. The van der Waals surface area contributed by atoms with Crippen molar-refractivity contribution in [3.63, 3.8) is 0 Å². The molecule has 0 radical (unpaired) electrons. The molecule has 1 atom stereocenters. The molecule has 4 aromatic rings. The predicted octanol–water partition coefficient (Wildman–Crippen LogP) is 7.59. The molecule has 5 rings (SSSR count). The molecular weight excluding hydrogens is 653 g/mol. The number of hydrogen-bond donors (Lipinski definition) is 1. The van der Waals surface area contributed by atoms with Crippen LogP contribution in [0.25, 0.3) is 0 Å². The standard InChI is InChI=1S/C37H39Cl2N3O4S/c1-27-17-20-31(39)24-34(27)42(47(45,46)33-15-9-4-10-16-33)26-36(43)41(25-29-18-21-30(38)22-19-29)35(23-28-11-5-2-6-12-28)37(44)40-32-13-7-3-8-14-32/h2,4-6,9-12,15-22,24,32,35H,3,7-8,13-14,23,25-26H2,1H3,(H,40,44)/t35-/m0/s1. The lowest BCUT2D eigenvalue weighted by Gasteiger charge is -2.35. The minimum atomic E-state index is -4.22. The second-order valence-electron chi connectivity index (χ2n) is 12.0. The summed E-state index contributed by atoms with van der Waals surface area (Å²) in [6.45, 7) is 1.29. The highest BCUT2D eigenvalue weighted by molar-refractivity contribution is 7.92. The number of sulfonamides is 1. The Morgan fingerprint density at radius 1 is 0.809 bits per heavy atom. The van der Waals surface area contributed by atoms with Crippen molar-refractivity contribution in [2.75, 3.05) is 10.8 Å². The van der Waals surface area contributed by atoms with Crippen LogP contribution in [0.15, 0.2) is 108 Å². The summed E-state index contributed by atoms with van der Waals surface area (Å²) in [7, 11) is -4.22. The molecule has 246 valence electrons. The van der Waals surface area contributed by atoms with Gasteiger partial charge in [-0.1, -0.05) is 109 Å². The normalized spacial score (nSPS) is 14.3. The lowest BCUT2D eigenvalue weighted by Crippen LogP contribution is -2.55. The average molecular weight is 693 g/mol. The average Bonchev–Trinajstić information content (AvgIpc) is 3.08. The molecule has 1 N–H and O–H groups in total. The van der Waals surface area contributed by atoms with Gasteiger partial charge in [0.1, 0.15) is 12.6 Å². The fraction of sp³-hybridized carbons (Fsp3) is 0.297. The lowest BCUT2D eigenvalue weighted by molar-refractivity contribution is -0.140. The van der Waals surface area contributed by atoms with E-state index < -0.39 is 28.5 Å². The van der Waals surface area contributed by atoms with E-state index in [0.717, 1.165) is 47.5 Å². The Balaban J connectivity index is 1.58. The summed E-state index contributed by atoms with van der Waals surface area (Å²) in [6.07, 6.45) is 5.22. The zero-order valence-corrected chi connectivity index (χ0v) is 28.6. The number of halogens is 2. The van der Waals surface area contributed by atoms with E-state index in [9.17, 15) is 18.0 Å².